The van der Waals surface area contributed by atoms with Gasteiger partial charge in [-0.3, -0.25) is 10.6 Å². The summed E-state index contributed by atoms with van der Waals surface area (Å²) in [6.45, 7) is 4.88. The summed E-state index contributed by atoms with van der Waals surface area (Å²) in [7, 11) is 3.74. The van der Waals surface area contributed by atoms with E-state index in [1.165, 1.54) is 11.1 Å². The van der Waals surface area contributed by atoms with Gasteiger partial charge in [-0.2, -0.15) is 0 Å². The molecule has 0 saturated carbocycles. The van der Waals surface area contributed by atoms with Crippen LogP contribution in [0.15, 0.2) is 12.1 Å². The van der Waals surface area contributed by atoms with E-state index in [1.807, 2.05) is 7.05 Å². The molecule has 28 heavy (non-hydrogen) atoms. The summed E-state index contributed by atoms with van der Waals surface area (Å²) in [5.74, 6) is 1.87. The molecule has 5 N–H and O–H groups in total. The molecule has 3 aliphatic heterocycles. The number of methoxy groups -OCH3 is 1. The zero-order chi connectivity index (χ0) is 19.5. The number of hydrogen-bond acceptors (Lipinski definition) is 7. The third-order valence-electron chi connectivity index (χ3n) is 5.80. The van der Waals surface area contributed by atoms with Gasteiger partial charge in [0, 0.05) is 24.6 Å². The van der Waals surface area contributed by atoms with E-state index in [0.29, 0.717) is 6.04 Å². The zero-order valence-electron chi connectivity index (χ0n) is 17.2. The molecule has 4 rings (SSSR count). The predicted octanol–water partition coefficient (Wildman–Crippen LogP) is 1.61. The first kappa shape index (κ1) is 19.5. The molecular weight excluding hydrogens is 354 g/mol. The minimum Gasteiger partial charge on any atom is -0.494 e. The van der Waals surface area contributed by atoms with Crippen LogP contribution in [0.5, 0.6) is 11.5 Å². The van der Waals surface area contributed by atoms with Gasteiger partial charge in [-0.15, -0.1) is 0 Å². The van der Waals surface area contributed by atoms with E-state index in [1.54, 1.807) is 7.11 Å². The Morgan fingerprint density at radius 2 is 2.14 bits per heavy atom. The topological polar surface area (TPSA) is 78.6 Å². The van der Waals surface area contributed by atoms with E-state index >= 15 is 0 Å². The molecule has 0 bridgehead atoms. The number of ether oxygens (including phenoxy) is 2. The highest BCUT2D eigenvalue weighted by molar-refractivity contribution is 5.83. The van der Waals surface area contributed by atoms with Crippen molar-refractivity contribution in [3.63, 3.8) is 0 Å². The van der Waals surface area contributed by atoms with Gasteiger partial charge in [0.1, 0.15) is 12.0 Å². The fourth-order valence-corrected chi connectivity index (χ4v) is 4.42. The van der Waals surface area contributed by atoms with Crippen LogP contribution in [0.25, 0.3) is 5.57 Å². The molecule has 7 heteroatoms. The van der Waals surface area contributed by atoms with Crippen molar-refractivity contribution in [1.82, 2.24) is 21.3 Å². The Morgan fingerprint density at radius 1 is 1.25 bits per heavy atom. The number of benzene rings is 1. The summed E-state index contributed by atoms with van der Waals surface area (Å²) < 4.78 is 12.0. The summed E-state index contributed by atoms with van der Waals surface area (Å²) in [4.78, 5) is 0. The first-order valence-electron chi connectivity index (χ1n) is 10.4. The van der Waals surface area contributed by atoms with Crippen LogP contribution in [-0.2, 0) is 6.42 Å². The van der Waals surface area contributed by atoms with Crippen molar-refractivity contribution in [2.75, 3.05) is 39.2 Å². The third-order valence-corrected chi connectivity index (χ3v) is 5.80. The van der Waals surface area contributed by atoms with Crippen LogP contribution in [0.4, 0.5) is 5.69 Å². The molecule has 1 saturated heterocycles. The van der Waals surface area contributed by atoms with E-state index in [0.717, 1.165) is 68.1 Å². The number of fused-ring (bicyclic) bond motifs is 1. The van der Waals surface area contributed by atoms with Gasteiger partial charge in [0.25, 0.3) is 0 Å². The van der Waals surface area contributed by atoms with Crippen LogP contribution in [0, 0.1) is 0 Å². The van der Waals surface area contributed by atoms with Crippen molar-refractivity contribution in [2.45, 2.75) is 51.1 Å². The second-order valence-corrected chi connectivity index (χ2v) is 7.84. The van der Waals surface area contributed by atoms with E-state index in [9.17, 15) is 0 Å². The average Bonchev–Trinajstić information content (AvgIpc) is 2.99. The number of allylic oxidation sites excluding steroid dienone is 1. The second-order valence-electron chi connectivity index (χ2n) is 7.84. The first-order chi connectivity index (χ1) is 13.7. The monoisotopic (exact) mass is 387 g/mol. The Bertz CT molecular complexity index is 736. The molecule has 0 spiro atoms. The van der Waals surface area contributed by atoms with Crippen molar-refractivity contribution < 1.29 is 9.47 Å². The summed E-state index contributed by atoms with van der Waals surface area (Å²) in [6.07, 6.45) is 6.64. The van der Waals surface area contributed by atoms with Crippen LogP contribution < -0.4 is 36.1 Å². The van der Waals surface area contributed by atoms with Gasteiger partial charge in [0.05, 0.1) is 31.1 Å². The first-order valence-corrected chi connectivity index (χ1v) is 10.4. The van der Waals surface area contributed by atoms with Crippen LogP contribution >= 0.6 is 0 Å². The lowest BCUT2D eigenvalue weighted by molar-refractivity contribution is 0.248. The molecule has 1 fully saturated rings. The molecular formula is C21H33N5O2. The highest BCUT2D eigenvalue weighted by atomic mass is 16.5. The molecule has 154 valence electrons. The Hall–Kier alpha value is -1.80. The van der Waals surface area contributed by atoms with Crippen molar-refractivity contribution in [2.24, 2.45) is 0 Å². The maximum atomic E-state index is 6.05. The molecule has 3 heterocycles. The molecule has 3 unspecified atom stereocenters. The average molecular weight is 388 g/mol. The molecule has 1 aromatic rings. The molecule has 0 aromatic heterocycles. The van der Waals surface area contributed by atoms with Crippen LogP contribution in [0.3, 0.4) is 0 Å². The fraction of sp³-hybridized carbons (Fsp3) is 0.619. The summed E-state index contributed by atoms with van der Waals surface area (Å²) in [5, 5.41) is 17.6. The van der Waals surface area contributed by atoms with Gasteiger partial charge >= 0.3 is 0 Å². The number of anilines is 1. The van der Waals surface area contributed by atoms with E-state index in [2.05, 4.69) is 45.7 Å². The summed E-state index contributed by atoms with van der Waals surface area (Å²) >= 11 is 0. The normalized spacial score (nSPS) is 27.4. The highest BCUT2D eigenvalue weighted by Crippen LogP contribution is 2.46. The zero-order valence-corrected chi connectivity index (χ0v) is 17.2. The Kier molecular flexibility index (Phi) is 6.06. The summed E-state index contributed by atoms with van der Waals surface area (Å²) in [6, 6.07) is 2.60. The minimum absolute atomic E-state index is 0.0342. The molecule has 0 radical (unpaired) electrons. The van der Waals surface area contributed by atoms with Gasteiger partial charge < -0.3 is 25.4 Å². The van der Waals surface area contributed by atoms with Gasteiger partial charge in [-0.05, 0) is 51.4 Å². The highest BCUT2D eigenvalue weighted by Gasteiger charge is 2.29. The molecule has 3 atom stereocenters. The van der Waals surface area contributed by atoms with Crippen LogP contribution in [0.2, 0.25) is 0 Å². The predicted molar refractivity (Wildman–Crippen MR) is 113 cm³/mol. The third kappa shape index (κ3) is 3.98. The lowest BCUT2D eigenvalue weighted by atomic mass is 9.95. The van der Waals surface area contributed by atoms with Crippen molar-refractivity contribution in [3.05, 3.63) is 23.3 Å². The van der Waals surface area contributed by atoms with E-state index in [4.69, 9.17) is 9.47 Å². The van der Waals surface area contributed by atoms with Crippen molar-refractivity contribution in [1.29, 1.82) is 0 Å². The van der Waals surface area contributed by atoms with Crippen molar-refractivity contribution in [3.8, 4) is 11.5 Å². The molecule has 0 aliphatic carbocycles. The van der Waals surface area contributed by atoms with Gasteiger partial charge in [-0.25, -0.2) is 0 Å². The minimum atomic E-state index is -0.0342. The number of hydrogen-bond donors (Lipinski definition) is 5. The summed E-state index contributed by atoms with van der Waals surface area (Å²) in [5.41, 5.74) is 4.70. The smallest absolute Gasteiger partial charge is 0.153 e. The lowest BCUT2D eigenvalue weighted by Gasteiger charge is -2.37. The van der Waals surface area contributed by atoms with Gasteiger partial charge in [0.2, 0.25) is 0 Å². The molecule has 7 nitrogen and oxygen atoms in total. The van der Waals surface area contributed by atoms with E-state index < -0.39 is 0 Å². The quantitative estimate of drug-likeness (QED) is 0.525. The Balaban J connectivity index is 1.69. The SMILES string of the molecule is CNC1CC(C)NC(Nc2cc3c(c(C4=CCNCCC4)c2OC)OCC3)N1. The largest absolute Gasteiger partial charge is 0.494 e. The second kappa shape index (κ2) is 8.69. The standard InChI is InChI=1S/C21H33N5O2/c1-13-11-17(22-2)26-21(24-13)25-16-12-15-7-10-28-19(15)18(20(16)27-3)14-5-4-8-23-9-6-14/h6,12-13,17,21-26H,4-5,7-11H2,1-3H3. The molecule has 1 aromatic carbocycles. The van der Waals surface area contributed by atoms with E-state index in [-0.39, 0.29) is 12.5 Å². The fourth-order valence-electron chi connectivity index (χ4n) is 4.42. The maximum Gasteiger partial charge on any atom is 0.153 e. The van der Waals surface area contributed by atoms with Crippen LogP contribution in [-0.4, -0.2) is 52.4 Å². The van der Waals surface area contributed by atoms with Crippen LogP contribution in [0.1, 0.15) is 37.3 Å². The lowest BCUT2D eigenvalue weighted by Crippen LogP contribution is -2.63. The molecule has 3 aliphatic rings. The Labute approximate surface area is 167 Å². The number of nitrogens with one attached hydrogen (secondary N) is 5. The van der Waals surface area contributed by atoms with Gasteiger partial charge in [0.15, 0.2) is 5.75 Å². The number of rotatable bonds is 5. The van der Waals surface area contributed by atoms with Gasteiger partial charge in [-0.1, -0.05) is 6.08 Å². The maximum absolute atomic E-state index is 6.05. The molecule has 0 amide bonds. The van der Waals surface area contributed by atoms with Crippen molar-refractivity contribution >= 4 is 11.3 Å². The Morgan fingerprint density at radius 3 is 2.96 bits per heavy atom.